The molecule has 2 N–H and O–H groups in total. The molecular formula is C15H16BrNO. The van der Waals surface area contributed by atoms with Crippen molar-refractivity contribution >= 4 is 21.6 Å². The van der Waals surface area contributed by atoms with Gasteiger partial charge in [-0.2, -0.15) is 0 Å². The molecule has 0 aromatic heterocycles. The Morgan fingerprint density at radius 1 is 1.11 bits per heavy atom. The Labute approximate surface area is 116 Å². The number of nitrogen functional groups attached to an aromatic ring is 1. The van der Waals surface area contributed by atoms with E-state index in [1.807, 2.05) is 18.2 Å². The van der Waals surface area contributed by atoms with Crippen LogP contribution in [-0.2, 0) is 6.61 Å². The van der Waals surface area contributed by atoms with Crippen molar-refractivity contribution in [3.63, 3.8) is 0 Å². The minimum atomic E-state index is 0.564. The van der Waals surface area contributed by atoms with Crippen LogP contribution in [-0.4, -0.2) is 0 Å². The van der Waals surface area contributed by atoms with E-state index in [1.54, 1.807) is 0 Å². The average molecular weight is 306 g/mol. The van der Waals surface area contributed by atoms with Crippen molar-refractivity contribution in [3.8, 4) is 5.75 Å². The van der Waals surface area contributed by atoms with E-state index < -0.39 is 0 Å². The molecule has 0 unspecified atom stereocenters. The molecule has 0 aliphatic heterocycles. The van der Waals surface area contributed by atoms with Gasteiger partial charge in [-0.05, 0) is 42.7 Å². The first-order valence-electron chi connectivity index (χ1n) is 5.80. The molecule has 0 saturated heterocycles. The predicted octanol–water partition coefficient (Wildman–Crippen LogP) is 4.23. The summed E-state index contributed by atoms with van der Waals surface area (Å²) < 4.78 is 6.74. The van der Waals surface area contributed by atoms with Crippen LogP contribution in [0.1, 0.15) is 16.7 Å². The first kappa shape index (κ1) is 13.0. The Kier molecular flexibility index (Phi) is 3.92. The summed E-state index contributed by atoms with van der Waals surface area (Å²) in [6.45, 7) is 4.76. The van der Waals surface area contributed by atoms with Crippen molar-refractivity contribution in [2.24, 2.45) is 0 Å². The standard InChI is InChI=1S/C15H16BrNO/c1-10-4-3-5-11(2)15(10)9-18-14-7-12(16)6-13(17)8-14/h3-8H,9,17H2,1-2H3. The molecule has 3 heteroatoms. The van der Waals surface area contributed by atoms with E-state index in [4.69, 9.17) is 10.5 Å². The fourth-order valence-electron chi connectivity index (χ4n) is 1.90. The van der Waals surface area contributed by atoms with Crippen molar-refractivity contribution in [2.45, 2.75) is 20.5 Å². The van der Waals surface area contributed by atoms with Gasteiger partial charge in [-0.1, -0.05) is 34.1 Å². The average Bonchev–Trinajstić information content (AvgIpc) is 2.27. The van der Waals surface area contributed by atoms with Gasteiger partial charge in [0.25, 0.3) is 0 Å². The molecule has 0 saturated carbocycles. The number of hydrogen-bond donors (Lipinski definition) is 1. The molecule has 2 aromatic carbocycles. The summed E-state index contributed by atoms with van der Waals surface area (Å²) in [4.78, 5) is 0. The van der Waals surface area contributed by atoms with E-state index in [0.717, 1.165) is 10.2 Å². The Morgan fingerprint density at radius 3 is 2.39 bits per heavy atom. The van der Waals surface area contributed by atoms with Crippen LogP contribution in [0.25, 0.3) is 0 Å². The van der Waals surface area contributed by atoms with Crippen molar-refractivity contribution in [1.29, 1.82) is 0 Å². The molecule has 2 nitrogen and oxygen atoms in total. The molecular weight excluding hydrogens is 290 g/mol. The maximum Gasteiger partial charge on any atom is 0.122 e. The third-order valence-corrected chi connectivity index (χ3v) is 3.38. The molecule has 0 aliphatic rings. The van der Waals surface area contributed by atoms with Gasteiger partial charge >= 0.3 is 0 Å². The number of aryl methyl sites for hydroxylation is 2. The van der Waals surface area contributed by atoms with Crippen LogP contribution in [0.15, 0.2) is 40.9 Å². The van der Waals surface area contributed by atoms with E-state index in [2.05, 4.69) is 48.0 Å². The summed E-state index contributed by atoms with van der Waals surface area (Å²) in [5.41, 5.74) is 10.2. The second kappa shape index (κ2) is 5.44. The SMILES string of the molecule is Cc1cccc(C)c1COc1cc(N)cc(Br)c1. The fraction of sp³-hybridized carbons (Fsp3) is 0.200. The van der Waals surface area contributed by atoms with Crippen LogP contribution < -0.4 is 10.5 Å². The van der Waals surface area contributed by atoms with E-state index in [9.17, 15) is 0 Å². The molecule has 0 bridgehead atoms. The van der Waals surface area contributed by atoms with Gasteiger partial charge in [0, 0.05) is 16.2 Å². The molecule has 0 radical (unpaired) electrons. The molecule has 18 heavy (non-hydrogen) atoms. The predicted molar refractivity (Wildman–Crippen MR) is 78.8 cm³/mol. The van der Waals surface area contributed by atoms with Gasteiger partial charge in [-0.3, -0.25) is 0 Å². The lowest BCUT2D eigenvalue weighted by Crippen LogP contribution is -2.01. The molecule has 0 aliphatic carbocycles. The second-order valence-electron chi connectivity index (χ2n) is 4.38. The summed E-state index contributed by atoms with van der Waals surface area (Å²) in [5, 5.41) is 0. The van der Waals surface area contributed by atoms with E-state index in [-0.39, 0.29) is 0 Å². The van der Waals surface area contributed by atoms with Crippen molar-refractivity contribution < 1.29 is 4.74 Å². The monoisotopic (exact) mass is 305 g/mol. The summed E-state index contributed by atoms with van der Waals surface area (Å²) in [7, 11) is 0. The number of nitrogens with two attached hydrogens (primary N) is 1. The summed E-state index contributed by atoms with van der Waals surface area (Å²) in [5.74, 6) is 0.782. The number of ether oxygens (including phenoxy) is 1. The first-order valence-corrected chi connectivity index (χ1v) is 6.59. The lowest BCUT2D eigenvalue weighted by molar-refractivity contribution is 0.304. The van der Waals surface area contributed by atoms with Crippen LogP contribution in [0.4, 0.5) is 5.69 Å². The highest BCUT2D eigenvalue weighted by Crippen LogP contribution is 2.24. The number of anilines is 1. The number of rotatable bonds is 3. The Hall–Kier alpha value is -1.48. The van der Waals surface area contributed by atoms with Gasteiger partial charge in [-0.25, -0.2) is 0 Å². The molecule has 0 fully saturated rings. The second-order valence-corrected chi connectivity index (χ2v) is 5.29. The highest BCUT2D eigenvalue weighted by atomic mass is 79.9. The first-order chi connectivity index (χ1) is 8.56. The lowest BCUT2D eigenvalue weighted by Gasteiger charge is -2.12. The van der Waals surface area contributed by atoms with E-state index in [1.165, 1.54) is 16.7 Å². The highest BCUT2D eigenvalue weighted by Gasteiger charge is 2.04. The maximum atomic E-state index is 5.81. The largest absolute Gasteiger partial charge is 0.489 e. The fourth-order valence-corrected chi connectivity index (χ4v) is 2.39. The van der Waals surface area contributed by atoms with Crippen LogP contribution in [0.5, 0.6) is 5.75 Å². The Balaban J connectivity index is 2.16. The molecule has 0 amide bonds. The zero-order valence-corrected chi connectivity index (χ0v) is 12.1. The highest BCUT2D eigenvalue weighted by molar-refractivity contribution is 9.10. The minimum Gasteiger partial charge on any atom is -0.489 e. The normalized spacial score (nSPS) is 10.4. The van der Waals surface area contributed by atoms with Crippen LogP contribution >= 0.6 is 15.9 Å². The summed E-state index contributed by atoms with van der Waals surface area (Å²) >= 11 is 3.41. The minimum absolute atomic E-state index is 0.564. The maximum absolute atomic E-state index is 5.81. The van der Waals surface area contributed by atoms with Crippen molar-refractivity contribution in [3.05, 3.63) is 57.6 Å². The van der Waals surface area contributed by atoms with Crippen molar-refractivity contribution in [2.75, 3.05) is 5.73 Å². The van der Waals surface area contributed by atoms with Gasteiger partial charge < -0.3 is 10.5 Å². The van der Waals surface area contributed by atoms with Gasteiger partial charge in [0.1, 0.15) is 12.4 Å². The third kappa shape index (κ3) is 3.05. The summed E-state index contributed by atoms with van der Waals surface area (Å²) in [6, 6.07) is 11.9. The Bertz CT molecular complexity index is 526. The smallest absolute Gasteiger partial charge is 0.122 e. The molecule has 2 rings (SSSR count). The molecule has 0 spiro atoms. The van der Waals surface area contributed by atoms with Crippen LogP contribution in [0.2, 0.25) is 0 Å². The number of benzene rings is 2. The van der Waals surface area contributed by atoms with Crippen LogP contribution in [0, 0.1) is 13.8 Å². The quantitative estimate of drug-likeness (QED) is 0.861. The number of hydrogen-bond acceptors (Lipinski definition) is 2. The van der Waals surface area contributed by atoms with Gasteiger partial charge in [-0.15, -0.1) is 0 Å². The lowest BCUT2D eigenvalue weighted by atomic mass is 10.0. The molecule has 0 heterocycles. The molecule has 0 atom stereocenters. The van der Waals surface area contributed by atoms with Crippen LogP contribution in [0.3, 0.4) is 0 Å². The molecule has 94 valence electrons. The van der Waals surface area contributed by atoms with Gasteiger partial charge in [0.15, 0.2) is 0 Å². The number of halogens is 1. The topological polar surface area (TPSA) is 35.2 Å². The summed E-state index contributed by atoms with van der Waals surface area (Å²) in [6.07, 6.45) is 0. The van der Waals surface area contributed by atoms with E-state index >= 15 is 0 Å². The van der Waals surface area contributed by atoms with Crippen molar-refractivity contribution in [1.82, 2.24) is 0 Å². The van der Waals surface area contributed by atoms with E-state index in [0.29, 0.717) is 12.3 Å². The zero-order valence-electron chi connectivity index (χ0n) is 10.5. The Morgan fingerprint density at radius 2 is 1.78 bits per heavy atom. The molecule has 2 aromatic rings. The third-order valence-electron chi connectivity index (χ3n) is 2.92. The zero-order chi connectivity index (χ0) is 13.1. The van der Waals surface area contributed by atoms with Gasteiger partial charge in [0.2, 0.25) is 0 Å². The van der Waals surface area contributed by atoms with Gasteiger partial charge in [0.05, 0.1) is 0 Å².